The lowest BCUT2D eigenvalue weighted by Gasteiger charge is -2.23. The zero-order valence-electron chi connectivity index (χ0n) is 14.0. The van der Waals surface area contributed by atoms with Crippen LogP contribution in [0, 0.1) is 0 Å². The highest BCUT2D eigenvalue weighted by Gasteiger charge is 2.33. The number of carbonyl (C=O) groups is 1. The topological polar surface area (TPSA) is 96.4 Å². The van der Waals surface area contributed by atoms with Gasteiger partial charge in [-0.1, -0.05) is 30.3 Å². The smallest absolute Gasteiger partial charge is 0.241 e. The van der Waals surface area contributed by atoms with E-state index in [1.807, 2.05) is 18.2 Å². The number of hydrogen-bond donors (Lipinski definition) is 2. The summed E-state index contributed by atoms with van der Waals surface area (Å²) in [6.45, 7) is 0.687. The molecule has 2 unspecified atom stereocenters. The fourth-order valence-electron chi connectivity index (χ4n) is 3.08. The third-order valence-electron chi connectivity index (χ3n) is 4.39. The molecule has 1 aromatic carbocycles. The Labute approximate surface area is 150 Å². The summed E-state index contributed by atoms with van der Waals surface area (Å²) >= 11 is 0. The molecule has 0 bridgehead atoms. The number of rotatable bonds is 6. The Bertz CT molecular complexity index is 784. The minimum absolute atomic E-state index is 0.0260. The van der Waals surface area contributed by atoms with E-state index in [9.17, 15) is 4.79 Å². The van der Waals surface area contributed by atoms with E-state index in [1.54, 1.807) is 4.90 Å². The lowest BCUT2D eigenvalue weighted by Crippen LogP contribution is -2.45. The van der Waals surface area contributed by atoms with Crippen molar-refractivity contribution in [3.05, 3.63) is 72.6 Å². The molecule has 0 spiro atoms. The Kier molecular flexibility index (Phi) is 4.76. The van der Waals surface area contributed by atoms with Gasteiger partial charge in [0, 0.05) is 6.04 Å². The van der Waals surface area contributed by atoms with Crippen LogP contribution in [0.1, 0.15) is 29.4 Å². The predicted octanol–water partition coefficient (Wildman–Crippen LogP) is 1.80. The molecule has 1 aliphatic rings. The summed E-state index contributed by atoms with van der Waals surface area (Å²) in [5.41, 5.74) is 8.85. The molecule has 26 heavy (non-hydrogen) atoms. The van der Waals surface area contributed by atoms with Crippen molar-refractivity contribution in [2.75, 3.05) is 0 Å². The van der Waals surface area contributed by atoms with Crippen LogP contribution >= 0.6 is 0 Å². The maximum Gasteiger partial charge on any atom is 0.241 e. The molecule has 2 aromatic heterocycles. The van der Waals surface area contributed by atoms with Gasteiger partial charge in [-0.3, -0.25) is 4.79 Å². The van der Waals surface area contributed by atoms with E-state index < -0.39 is 0 Å². The van der Waals surface area contributed by atoms with Gasteiger partial charge in [0.1, 0.15) is 18.6 Å². The number of carbonyl (C=O) groups excluding carboxylic acids is 1. The highest BCUT2D eigenvalue weighted by molar-refractivity contribution is 5.82. The summed E-state index contributed by atoms with van der Waals surface area (Å²) in [5.74, 6) is -0.0260. The first-order chi connectivity index (χ1) is 12.8. The fourth-order valence-corrected chi connectivity index (χ4v) is 3.08. The van der Waals surface area contributed by atoms with Crippen LogP contribution in [0.3, 0.4) is 0 Å². The number of nitrogens with one attached hydrogen (secondary N) is 2. The van der Waals surface area contributed by atoms with Crippen molar-refractivity contribution in [3.63, 3.8) is 0 Å². The molecule has 2 atom stereocenters. The molecule has 1 fully saturated rings. The Hall–Kier alpha value is -2.97. The Balaban J connectivity index is 1.47. The lowest BCUT2D eigenvalue weighted by molar-refractivity contribution is -0.134. The molecule has 0 radical (unpaired) electrons. The minimum atomic E-state index is -0.334. The molecule has 1 aliphatic heterocycles. The summed E-state index contributed by atoms with van der Waals surface area (Å²) < 4.78 is 10.0. The van der Waals surface area contributed by atoms with E-state index in [1.165, 1.54) is 25.3 Å². The zero-order valence-corrected chi connectivity index (χ0v) is 14.0. The van der Waals surface area contributed by atoms with E-state index in [2.05, 4.69) is 33.0 Å². The van der Waals surface area contributed by atoms with Gasteiger partial charge in [0.25, 0.3) is 0 Å². The Morgan fingerprint density at radius 3 is 2.27 bits per heavy atom. The lowest BCUT2D eigenvalue weighted by atomic mass is 10.0. The van der Waals surface area contributed by atoms with Gasteiger partial charge < -0.3 is 13.7 Å². The van der Waals surface area contributed by atoms with Gasteiger partial charge in [-0.05, 0) is 12.0 Å². The summed E-state index contributed by atoms with van der Waals surface area (Å²) in [5, 5.41) is 0. The van der Waals surface area contributed by atoms with Gasteiger partial charge in [-0.15, -0.1) is 0 Å². The maximum atomic E-state index is 13.1. The Morgan fingerprint density at radius 1 is 1.04 bits per heavy atom. The van der Waals surface area contributed by atoms with Crippen molar-refractivity contribution in [2.24, 2.45) is 0 Å². The fraction of sp³-hybridized carbons (Fsp3) is 0.278. The normalized spacial score (nSPS) is 19.5. The summed E-state index contributed by atoms with van der Waals surface area (Å²) in [6.07, 6.45) is 6.45. The molecule has 134 valence electrons. The first-order valence-electron chi connectivity index (χ1n) is 8.38. The van der Waals surface area contributed by atoms with Crippen molar-refractivity contribution >= 4 is 5.91 Å². The first-order valence-corrected chi connectivity index (χ1v) is 8.38. The van der Waals surface area contributed by atoms with Crippen molar-refractivity contribution in [3.8, 4) is 0 Å². The molecular weight excluding hydrogens is 334 g/mol. The molecule has 3 aromatic rings. The quantitative estimate of drug-likeness (QED) is 0.697. The van der Waals surface area contributed by atoms with Crippen molar-refractivity contribution in [2.45, 2.75) is 31.6 Å². The molecule has 0 aliphatic carbocycles. The summed E-state index contributed by atoms with van der Waals surface area (Å²) in [6, 6.07) is 9.82. The van der Waals surface area contributed by atoms with E-state index in [0.717, 1.165) is 5.56 Å². The molecule has 1 amide bonds. The standard InChI is InChI=1S/C18H19N5O3/c24-18(17-6-16(21-22-17)13-4-2-1-3-5-13)23(7-14-9-25-11-19-14)8-15-10-26-12-20-15/h1-5,9-12,16-17,21-22H,6-8H2. The highest BCUT2D eigenvalue weighted by Crippen LogP contribution is 2.23. The molecule has 2 N–H and O–H groups in total. The zero-order chi connectivity index (χ0) is 17.8. The first kappa shape index (κ1) is 16.5. The van der Waals surface area contributed by atoms with Crippen LogP contribution in [-0.2, 0) is 17.9 Å². The summed E-state index contributed by atoms with van der Waals surface area (Å²) in [7, 11) is 0. The van der Waals surface area contributed by atoms with Gasteiger partial charge >= 0.3 is 0 Å². The summed E-state index contributed by atoms with van der Waals surface area (Å²) in [4.78, 5) is 23.0. The average molecular weight is 353 g/mol. The second-order valence-electron chi connectivity index (χ2n) is 6.19. The van der Waals surface area contributed by atoms with Crippen LogP contribution in [0.15, 0.2) is 64.5 Å². The SMILES string of the molecule is O=C(C1CC(c2ccccc2)NN1)N(Cc1cocn1)Cc1cocn1. The van der Waals surface area contributed by atoms with E-state index in [-0.39, 0.29) is 18.0 Å². The highest BCUT2D eigenvalue weighted by atomic mass is 16.3. The molecule has 4 rings (SSSR count). The van der Waals surface area contributed by atoms with Crippen LogP contribution in [-0.4, -0.2) is 26.8 Å². The van der Waals surface area contributed by atoms with Crippen LogP contribution in [0.25, 0.3) is 0 Å². The minimum Gasteiger partial charge on any atom is -0.451 e. The molecular formula is C18H19N5O3. The monoisotopic (exact) mass is 353 g/mol. The van der Waals surface area contributed by atoms with Crippen LogP contribution in [0.4, 0.5) is 0 Å². The number of hydrazine groups is 1. The molecule has 8 heteroatoms. The van der Waals surface area contributed by atoms with Gasteiger partial charge in [-0.2, -0.15) is 0 Å². The third-order valence-corrected chi connectivity index (χ3v) is 4.39. The van der Waals surface area contributed by atoms with Gasteiger partial charge in [0.2, 0.25) is 5.91 Å². The average Bonchev–Trinajstić information content (AvgIpc) is 3.44. The van der Waals surface area contributed by atoms with Crippen molar-refractivity contribution < 1.29 is 13.6 Å². The van der Waals surface area contributed by atoms with Gasteiger partial charge in [0.15, 0.2) is 12.8 Å². The Morgan fingerprint density at radius 2 is 1.69 bits per heavy atom. The largest absolute Gasteiger partial charge is 0.451 e. The number of hydrogen-bond acceptors (Lipinski definition) is 7. The van der Waals surface area contributed by atoms with E-state index >= 15 is 0 Å². The van der Waals surface area contributed by atoms with Crippen LogP contribution in [0.2, 0.25) is 0 Å². The molecule has 1 saturated heterocycles. The number of aromatic nitrogens is 2. The van der Waals surface area contributed by atoms with E-state index in [0.29, 0.717) is 30.9 Å². The van der Waals surface area contributed by atoms with Gasteiger partial charge in [-0.25, -0.2) is 20.8 Å². The second kappa shape index (κ2) is 7.51. The number of amides is 1. The van der Waals surface area contributed by atoms with Crippen LogP contribution < -0.4 is 10.9 Å². The number of benzene rings is 1. The van der Waals surface area contributed by atoms with Gasteiger partial charge in [0.05, 0.1) is 24.5 Å². The second-order valence-corrected chi connectivity index (χ2v) is 6.19. The van der Waals surface area contributed by atoms with Crippen molar-refractivity contribution in [1.29, 1.82) is 0 Å². The third kappa shape index (κ3) is 3.66. The predicted molar refractivity (Wildman–Crippen MR) is 91.1 cm³/mol. The molecule has 3 heterocycles. The molecule has 8 nitrogen and oxygen atoms in total. The number of oxazole rings is 2. The maximum absolute atomic E-state index is 13.1. The number of nitrogens with zero attached hydrogens (tertiary/aromatic N) is 3. The van der Waals surface area contributed by atoms with E-state index in [4.69, 9.17) is 8.83 Å². The molecule has 0 saturated carbocycles. The van der Waals surface area contributed by atoms with Crippen LogP contribution in [0.5, 0.6) is 0 Å². The van der Waals surface area contributed by atoms with Crippen molar-refractivity contribution in [1.82, 2.24) is 25.7 Å².